The third-order valence-corrected chi connectivity index (χ3v) is 5.80. The summed E-state index contributed by atoms with van der Waals surface area (Å²) in [7, 11) is 0. The van der Waals surface area contributed by atoms with Gasteiger partial charge in [0, 0.05) is 38.1 Å². The Kier molecular flexibility index (Phi) is 10.3. The molecule has 1 heterocycles. The summed E-state index contributed by atoms with van der Waals surface area (Å²) < 4.78 is 27.1. The quantitative estimate of drug-likeness (QED) is 0.331. The van der Waals surface area contributed by atoms with E-state index in [4.69, 9.17) is 0 Å². The number of carbonyl (C=O) groups is 1. The van der Waals surface area contributed by atoms with Crippen LogP contribution in [-0.4, -0.2) is 49.0 Å². The minimum Gasteiger partial charge on any atom is -0.357 e. The summed E-state index contributed by atoms with van der Waals surface area (Å²) >= 11 is 0. The zero-order valence-corrected chi connectivity index (χ0v) is 20.0. The first-order valence-corrected chi connectivity index (χ1v) is 10.8. The number of nitrogens with one attached hydrogen (secondary N) is 2. The third kappa shape index (κ3) is 7.06. The van der Waals surface area contributed by atoms with Crippen molar-refractivity contribution in [1.82, 2.24) is 15.5 Å². The lowest BCUT2D eigenvalue weighted by Gasteiger charge is -2.26. The van der Waals surface area contributed by atoms with E-state index in [0.29, 0.717) is 43.5 Å². The fourth-order valence-electron chi connectivity index (χ4n) is 4.22. The van der Waals surface area contributed by atoms with Gasteiger partial charge >= 0.3 is 0 Å². The van der Waals surface area contributed by atoms with Crippen molar-refractivity contribution in [2.24, 2.45) is 10.9 Å². The molecule has 2 N–H and O–H groups in total. The van der Waals surface area contributed by atoms with Crippen molar-refractivity contribution < 1.29 is 13.6 Å². The summed E-state index contributed by atoms with van der Waals surface area (Å²) in [5.74, 6) is 0.306. The maximum atomic E-state index is 13.8. The van der Waals surface area contributed by atoms with E-state index in [1.165, 1.54) is 12.5 Å². The molecule has 0 aromatic heterocycles. The fraction of sp³-hybridized carbons (Fsp3) is 0.636. The molecule has 1 saturated heterocycles. The van der Waals surface area contributed by atoms with E-state index in [0.717, 1.165) is 50.8 Å². The molecule has 5 nitrogen and oxygen atoms in total. The van der Waals surface area contributed by atoms with Gasteiger partial charge in [-0.2, -0.15) is 0 Å². The molecule has 1 atom stereocenters. The summed E-state index contributed by atoms with van der Waals surface area (Å²) in [5, 5.41) is 6.59. The molecule has 1 aromatic rings. The Hall–Kier alpha value is -1.45. The van der Waals surface area contributed by atoms with E-state index in [9.17, 15) is 13.6 Å². The Balaban J connectivity index is 0.00000320. The average molecular weight is 534 g/mol. The second-order valence-corrected chi connectivity index (χ2v) is 8.00. The molecular formula is C22H33F2IN4O. The SMILES string of the molecule is CCNC(=NCCc1cc(F)ccc1F)NC1CCN(C(=O)C2CCCCC2)C1.I. The maximum Gasteiger partial charge on any atom is 0.225 e. The maximum absolute atomic E-state index is 13.8. The van der Waals surface area contributed by atoms with Crippen molar-refractivity contribution in [2.45, 2.75) is 57.9 Å². The van der Waals surface area contributed by atoms with Crippen molar-refractivity contribution in [3.63, 3.8) is 0 Å². The molecule has 1 aromatic carbocycles. The molecule has 8 heteroatoms. The van der Waals surface area contributed by atoms with Crippen LogP contribution >= 0.6 is 24.0 Å². The van der Waals surface area contributed by atoms with Gasteiger partial charge in [-0.05, 0) is 56.4 Å². The number of aliphatic imine (C=N–C) groups is 1. The van der Waals surface area contributed by atoms with Crippen LogP contribution in [0.2, 0.25) is 0 Å². The highest BCUT2D eigenvalue weighted by atomic mass is 127. The number of hydrogen-bond donors (Lipinski definition) is 2. The van der Waals surface area contributed by atoms with Gasteiger partial charge in [0.15, 0.2) is 5.96 Å². The first-order valence-electron chi connectivity index (χ1n) is 10.8. The molecule has 168 valence electrons. The normalized spacial score (nSPS) is 20.0. The monoisotopic (exact) mass is 534 g/mol. The Morgan fingerprint density at radius 1 is 1.20 bits per heavy atom. The van der Waals surface area contributed by atoms with Gasteiger partial charge in [0.2, 0.25) is 5.91 Å². The predicted molar refractivity (Wildman–Crippen MR) is 126 cm³/mol. The molecular weight excluding hydrogens is 501 g/mol. The minimum atomic E-state index is -0.441. The molecule has 1 aliphatic heterocycles. The first kappa shape index (κ1) is 24.8. The summed E-state index contributed by atoms with van der Waals surface area (Å²) in [4.78, 5) is 19.2. The van der Waals surface area contributed by atoms with Gasteiger partial charge in [0.05, 0.1) is 0 Å². The van der Waals surface area contributed by atoms with E-state index >= 15 is 0 Å². The highest BCUT2D eigenvalue weighted by Gasteiger charge is 2.31. The lowest BCUT2D eigenvalue weighted by atomic mass is 9.88. The van der Waals surface area contributed by atoms with Gasteiger partial charge in [-0.1, -0.05) is 19.3 Å². The third-order valence-electron chi connectivity index (χ3n) is 5.80. The summed E-state index contributed by atoms with van der Waals surface area (Å²) in [5.41, 5.74) is 0.328. The lowest BCUT2D eigenvalue weighted by molar-refractivity contribution is -0.135. The highest BCUT2D eigenvalue weighted by molar-refractivity contribution is 14.0. The molecule has 30 heavy (non-hydrogen) atoms. The number of nitrogens with zero attached hydrogens (tertiary/aromatic N) is 2. The molecule has 1 saturated carbocycles. The molecule has 1 aliphatic carbocycles. The zero-order valence-electron chi connectivity index (χ0n) is 17.6. The van der Waals surface area contributed by atoms with Gasteiger partial charge in [0.1, 0.15) is 11.6 Å². The number of rotatable bonds is 6. The Morgan fingerprint density at radius 2 is 1.97 bits per heavy atom. The number of amides is 1. The topological polar surface area (TPSA) is 56.7 Å². The zero-order chi connectivity index (χ0) is 20.6. The molecule has 1 amide bonds. The number of hydrogen-bond acceptors (Lipinski definition) is 2. The minimum absolute atomic E-state index is 0. The van der Waals surface area contributed by atoms with Crippen LogP contribution in [0.5, 0.6) is 0 Å². The van der Waals surface area contributed by atoms with Crippen LogP contribution in [0.15, 0.2) is 23.2 Å². The Labute approximate surface area is 195 Å². The molecule has 0 radical (unpaired) electrons. The van der Waals surface area contributed by atoms with Crippen molar-refractivity contribution >= 4 is 35.8 Å². The van der Waals surface area contributed by atoms with E-state index in [-0.39, 0.29) is 35.9 Å². The predicted octanol–water partition coefficient (Wildman–Crippen LogP) is 3.86. The number of guanidine groups is 1. The highest BCUT2D eigenvalue weighted by Crippen LogP contribution is 2.26. The molecule has 2 aliphatic rings. The molecule has 0 spiro atoms. The van der Waals surface area contributed by atoms with Crippen LogP contribution in [0.25, 0.3) is 0 Å². The van der Waals surface area contributed by atoms with Crippen LogP contribution in [0.1, 0.15) is 51.0 Å². The molecule has 3 rings (SSSR count). The lowest BCUT2D eigenvalue weighted by Crippen LogP contribution is -2.45. The second kappa shape index (κ2) is 12.4. The van der Waals surface area contributed by atoms with E-state index in [1.807, 2.05) is 11.8 Å². The van der Waals surface area contributed by atoms with E-state index < -0.39 is 11.6 Å². The molecule has 2 fully saturated rings. The second-order valence-electron chi connectivity index (χ2n) is 8.00. The summed E-state index contributed by atoms with van der Waals surface area (Å²) in [6.07, 6.45) is 6.83. The number of halogens is 3. The largest absolute Gasteiger partial charge is 0.357 e. The van der Waals surface area contributed by atoms with Crippen LogP contribution in [0.3, 0.4) is 0 Å². The Morgan fingerprint density at radius 3 is 2.70 bits per heavy atom. The van der Waals surface area contributed by atoms with Gasteiger partial charge in [-0.25, -0.2) is 8.78 Å². The molecule has 0 bridgehead atoms. The van der Waals surface area contributed by atoms with Gasteiger partial charge in [-0.15, -0.1) is 24.0 Å². The summed E-state index contributed by atoms with van der Waals surface area (Å²) in [6.45, 7) is 4.51. The smallest absolute Gasteiger partial charge is 0.225 e. The summed E-state index contributed by atoms with van der Waals surface area (Å²) in [6, 6.07) is 3.64. The van der Waals surface area contributed by atoms with Gasteiger partial charge in [-0.3, -0.25) is 9.79 Å². The number of likely N-dealkylation sites (tertiary alicyclic amines) is 1. The van der Waals surface area contributed by atoms with Crippen molar-refractivity contribution in [1.29, 1.82) is 0 Å². The molecule has 1 unspecified atom stereocenters. The van der Waals surface area contributed by atoms with Crippen LogP contribution < -0.4 is 10.6 Å². The standard InChI is InChI=1S/C22H32F2N4O.HI/c1-2-25-22(26-12-10-17-14-18(23)8-9-20(17)24)27-19-11-13-28(15-19)21(29)16-6-4-3-5-7-16;/h8-9,14,16,19H,2-7,10-13,15H2,1H3,(H2,25,26,27);1H. The van der Waals surface area contributed by atoms with E-state index in [2.05, 4.69) is 15.6 Å². The van der Waals surface area contributed by atoms with Gasteiger partial charge < -0.3 is 15.5 Å². The average Bonchev–Trinajstić information content (AvgIpc) is 3.19. The van der Waals surface area contributed by atoms with Crippen molar-refractivity contribution in [3.8, 4) is 0 Å². The van der Waals surface area contributed by atoms with E-state index in [1.54, 1.807) is 0 Å². The Bertz CT molecular complexity index is 725. The van der Waals surface area contributed by atoms with Crippen LogP contribution in [-0.2, 0) is 11.2 Å². The fourth-order valence-corrected chi connectivity index (χ4v) is 4.22. The van der Waals surface area contributed by atoms with Crippen molar-refractivity contribution in [2.75, 3.05) is 26.2 Å². The first-order chi connectivity index (χ1) is 14.1. The number of benzene rings is 1. The van der Waals surface area contributed by atoms with Crippen molar-refractivity contribution in [3.05, 3.63) is 35.4 Å². The van der Waals surface area contributed by atoms with Crippen LogP contribution in [0, 0.1) is 17.6 Å². The van der Waals surface area contributed by atoms with Gasteiger partial charge in [0.25, 0.3) is 0 Å². The number of carbonyl (C=O) groups excluding carboxylic acids is 1. The van der Waals surface area contributed by atoms with Crippen LogP contribution in [0.4, 0.5) is 8.78 Å².